The summed E-state index contributed by atoms with van der Waals surface area (Å²) in [7, 11) is 0. The molecule has 24 heavy (non-hydrogen) atoms. The van der Waals surface area contributed by atoms with Crippen molar-refractivity contribution in [3.63, 3.8) is 0 Å². The lowest BCUT2D eigenvalue weighted by molar-refractivity contribution is 0.696. The van der Waals surface area contributed by atoms with Gasteiger partial charge < -0.3 is 0 Å². The van der Waals surface area contributed by atoms with Crippen LogP contribution < -0.4 is 0 Å². The number of hydrogen-bond donors (Lipinski definition) is 0. The fourth-order valence-corrected chi connectivity index (χ4v) is 3.50. The van der Waals surface area contributed by atoms with Crippen LogP contribution in [0.5, 0.6) is 0 Å². The third-order valence-electron chi connectivity index (χ3n) is 4.56. The molecule has 0 heterocycles. The monoisotopic (exact) mass is 306 g/mol. The third-order valence-corrected chi connectivity index (χ3v) is 4.56. The number of hydrogen-bond acceptors (Lipinski definition) is 0. The van der Waals surface area contributed by atoms with Crippen molar-refractivity contribution < 1.29 is 0 Å². The molecule has 2 aliphatic rings. The summed E-state index contributed by atoms with van der Waals surface area (Å²) in [4.78, 5) is 0. The van der Waals surface area contributed by atoms with Gasteiger partial charge in [0, 0.05) is 23.0 Å². The highest BCUT2D eigenvalue weighted by molar-refractivity contribution is 5.50. The van der Waals surface area contributed by atoms with Crippen LogP contribution in [0.15, 0.2) is 120 Å². The molecular weight excluding hydrogens is 288 g/mol. The van der Waals surface area contributed by atoms with Gasteiger partial charge in [0.2, 0.25) is 0 Å². The second-order valence-electron chi connectivity index (χ2n) is 6.03. The summed E-state index contributed by atoms with van der Waals surface area (Å²) in [5.74, 6) is 0.449. The van der Waals surface area contributed by atoms with Gasteiger partial charge in [0.05, 0.1) is 0 Å². The van der Waals surface area contributed by atoms with Crippen LogP contribution >= 0.6 is 0 Å². The zero-order valence-electron chi connectivity index (χ0n) is 13.4. The lowest BCUT2D eigenvalue weighted by Crippen LogP contribution is -2.14. The van der Waals surface area contributed by atoms with Crippen molar-refractivity contribution in [3.8, 4) is 0 Å². The van der Waals surface area contributed by atoms with Crippen LogP contribution in [0.1, 0.15) is 23.0 Å². The fraction of sp³-hybridized carbons (Fsp3) is 0.0833. The van der Waals surface area contributed by atoms with Crippen LogP contribution in [0.4, 0.5) is 0 Å². The van der Waals surface area contributed by atoms with E-state index in [0.717, 1.165) is 0 Å². The van der Waals surface area contributed by atoms with Gasteiger partial charge in [0.1, 0.15) is 0 Å². The summed E-state index contributed by atoms with van der Waals surface area (Å²) >= 11 is 0. The first-order chi connectivity index (χ1) is 11.9. The Balaban J connectivity index is 1.90. The van der Waals surface area contributed by atoms with Crippen LogP contribution in [0, 0.1) is 0 Å². The van der Waals surface area contributed by atoms with Crippen molar-refractivity contribution in [1.29, 1.82) is 0 Å². The van der Waals surface area contributed by atoms with Gasteiger partial charge in [0.25, 0.3) is 0 Å². The van der Waals surface area contributed by atoms with E-state index >= 15 is 0 Å². The van der Waals surface area contributed by atoms with Gasteiger partial charge >= 0.3 is 0 Å². The van der Waals surface area contributed by atoms with Crippen LogP contribution in [0.25, 0.3) is 0 Å². The Labute approximate surface area is 143 Å². The first-order valence-electron chi connectivity index (χ1n) is 8.30. The van der Waals surface area contributed by atoms with Crippen LogP contribution in [-0.2, 0) is 0 Å². The van der Waals surface area contributed by atoms with Gasteiger partial charge in [-0.1, -0.05) is 85.0 Å². The molecule has 0 spiro atoms. The van der Waals surface area contributed by atoms with Gasteiger partial charge in [-0.2, -0.15) is 0 Å². The second kappa shape index (κ2) is 6.60. The van der Waals surface area contributed by atoms with Crippen molar-refractivity contribution in [2.45, 2.75) is 11.8 Å². The molecule has 0 radical (unpaired) electrons. The Bertz CT molecular complexity index is 831. The van der Waals surface area contributed by atoms with Gasteiger partial charge in [-0.25, -0.2) is 0 Å². The molecule has 2 aromatic rings. The van der Waals surface area contributed by atoms with Gasteiger partial charge in [-0.05, 0) is 23.3 Å². The first kappa shape index (κ1) is 14.5. The van der Waals surface area contributed by atoms with E-state index in [-0.39, 0.29) is 11.8 Å². The SMILES string of the molecule is C1=CC=CC=1[C@H](c1ccccc1)[C@H](C1=C=CC=C1)c1ccccc1. The topological polar surface area (TPSA) is 0 Å². The third kappa shape index (κ3) is 2.77. The van der Waals surface area contributed by atoms with E-state index in [1.807, 2.05) is 12.2 Å². The predicted octanol–water partition coefficient (Wildman–Crippen LogP) is 5.86. The molecule has 0 fully saturated rings. The highest BCUT2D eigenvalue weighted by atomic mass is 14.3. The van der Waals surface area contributed by atoms with Crippen molar-refractivity contribution >= 4 is 0 Å². The summed E-state index contributed by atoms with van der Waals surface area (Å²) in [6.07, 6.45) is 12.5. The molecule has 0 amide bonds. The fourth-order valence-electron chi connectivity index (χ4n) is 3.50. The molecule has 0 saturated heterocycles. The molecule has 0 saturated carbocycles. The lowest BCUT2D eigenvalue weighted by atomic mass is 9.74. The van der Waals surface area contributed by atoms with E-state index in [4.69, 9.17) is 0 Å². The van der Waals surface area contributed by atoms with E-state index in [2.05, 4.69) is 96.4 Å². The molecule has 0 aromatic heterocycles. The molecule has 0 unspecified atom stereocenters. The van der Waals surface area contributed by atoms with Crippen LogP contribution in [0.3, 0.4) is 0 Å². The van der Waals surface area contributed by atoms with E-state index in [1.165, 1.54) is 22.3 Å². The van der Waals surface area contributed by atoms with Crippen LogP contribution in [-0.4, -0.2) is 0 Å². The van der Waals surface area contributed by atoms with Gasteiger partial charge in [-0.15, -0.1) is 11.5 Å². The standard InChI is InChI=1S/C24H18/c1-3-11-19(12-4-1)23(21-15-7-8-16-21)24(22-17-9-10-18-22)20-13-5-2-6-14-20/h1-15,17,23-24H/t23-,24-/m0/s1. The summed E-state index contributed by atoms with van der Waals surface area (Å²) < 4.78 is 0. The maximum Gasteiger partial charge on any atom is 0.0278 e. The number of rotatable bonds is 5. The lowest BCUT2D eigenvalue weighted by Gasteiger charge is -2.28. The Hall–Kier alpha value is -3.04. The molecule has 4 rings (SSSR count). The minimum atomic E-state index is 0.224. The Kier molecular flexibility index (Phi) is 4.00. The molecule has 2 aliphatic carbocycles. The van der Waals surface area contributed by atoms with Gasteiger partial charge in [-0.3, -0.25) is 0 Å². The molecule has 0 aliphatic heterocycles. The molecule has 0 N–H and O–H groups in total. The summed E-state index contributed by atoms with van der Waals surface area (Å²) in [5, 5.41) is 0. The average Bonchev–Trinajstić information content (AvgIpc) is 3.35. The predicted molar refractivity (Wildman–Crippen MR) is 99.8 cm³/mol. The normalized spacial score (nSPS) is 17.0. The highest BCUT2D eigenvalue weighted by Crippen LogP contribution is 2.44. The quantitative estimate of drug-likeness (QED) is 0.607. The zero-order valence-corrected chi connectivity index (χ0v) is 13.4. The molecule has 2 aromatic carbocycles. The Morgan fingerprint density at radius 3 is 1.29 bits per heavy atom. The molecule has 0 heteroatoms. The van der Waals surface area contributed by atoms with Gasteiger partial charge in [0.15, 0.2) is 0 Å². The van der Waals surface area contributed by atoms with Crippen molar-refractivity contribution in [2.24, 2.45) is 0 Å². The summed E-state index contributed by atoms with van der Waals surface area (Å²) in [6, 6.07) is 21.4. The minimum absolute atomic E-state index is 0.224. The zero-order chi connectivity index (χ0) is 16.2. The van der Waals surface area contributed by atoms with E-state index < -0.39 is 0 Å². The van der Waals surface area contributed by atoms with Crippen molar-refractivity contribution in [2.75, 3.05) is 0 Å². The summed E-state index contributed by atoms with van der Waals surface area (Å²) in [5.41, 5.74) is 11.9. The average molecular weight is 306 g/mol. The molecule has 2 atom stereocenters. The second-order valence-corrected chi connectivity index (χ2v) is 6.03. The maximum atomic E-state index is 3.43. The van der Waals surface area contributed by atoms with Crippen molar-refractivity contribution in [1.82, 2.24) is 0 Å². The molecule has 114 valence electrons. The van der Waals surface area contributed by atoms with E-state index in [1.54, 1.807) is 0 Å². The van der Waals surface area contributed by atoms with E-state index in [9.17, 15) is 0 Å². The van der Waals surface area contributed by atoms with Crippen molar-refractivity contribution in [3.05, 3.63) is 131 Å². The Morgan fingerprint density at radius 1 is 0.542 bits per heavy atom. The minimum Gasteiger partial charge on any atom is -0.117 e. The van der Waals surface area contributed by atoms with E-state index in [0.29, 0.717) is 0 Å². The molecule has 0 nitrogen and oxygen atoms in total. The maximum absolute atomic E-state index is 3.43. The smallest absolute Gasteiger partial charge is 0.0278 e. The Morgan fingerprint density at radius 2 is 0.958 bits per heavy atom. The van der Waals surface area contributed by atoms with Crippen LogP contribution in [0.2, 0.25) is 0 Å². The molecule has 0 bridgehead atoms. The first-order valence-corrected chi connectivity index (χ1v) is 8.30. The largest absolute Gasteiger partial charge is 0.117 e. The number of allylic oxidation sites excluding steroid dienone is 6. The summed E-state index contributed by atoms with van der Waals surface area (Å²) in [6.45, 7) is 0. The number of benzene rings is 2. The molecular formula is C24H18. The highest BCUT2D eigenvalue weighted by Gasteiger charge is 2.30.